The summed E-state index contributed by atoms with van der Waals surface area (Å²) in [5, 5.41) is 0. The fraction of sp³-hybridized carbons (Fsp3) is 0. The molecule has 58 valence electrons. The average molecular weight is 264 g/mol. The van der Waals surface area contributed by atoms with E-state index < -0.39 is 6.09 Å². The molecule has 1 aromatic rings. The summed E-state index contributed by atoms with van der Waals surface area (Å²) in [4.78, 5) is 14.1. The number of nitrogens with zero attached hydrogens (tertiary/aromatic N) is 1. The molecule has 0 aliphatic heterocycles. The molecule has 4 nitrogen and oxygen atoms in total. The van der Waals surface area contributed by atoms with Gasteiger partial charge in [0.1, 0.15) is 0 Å². The van der Waals surface area contributed by atoms with Gasteiger partial charge in [0.2, 0.25) is 5.88 Å². The van der Waals surface area contributed by atoms with Crippen molar-refractivity contribution in [1.82, 2.24) is 4.98 Å². The van der Waals surface area contributed by atoms with Gasteiger partial charge in [-0.25, -0.2) is 9.78 Å². The lowest BCUT2D eigenvalue weighted by molar-refractivity contribution is 0.208. The molecule has 1 aromatic heterocycles. The standard InChI is InChI=1S/C6H5IN2O2/c7-4-2-1-3-9-5(4)11-6(8)10/h1-3H,(H2,8,10). The lowest BCUT2D eigenvalue weighted by Gasteiger charge is -1.99. The van der Waals surface area contributed by atoms with E-state index in [9.17, 15) is 4.79 Å². The third-order valence-electron chi connectivity index (χ3n) is 0.922. The molecule has 2 N–H and O–H groups in total. The number of hydrogen-bond acceptors (Lipinski definition) is 3. The van der Waals surface area contributed by atoms with E-state index in [1.165, 1.54) is 6.20 Å². The highest BCUT2D eigenvalue weighted by molar-refractivity contribution is 14.1. The first-order chi connectivity index (χ1) is 5.20. The summed E-state index contributed by atoms with van der Waals surface area (Å²) >= 11 is 2.00. The van der Waals surface area contributed by atoms with Crippen LogP contribution in [0.3, 0.4) is 0 Å². The number of carbonyl (C=O) groups is 1. The maximum atomic E-state index is 10.3. The molecular formula is C6H5IN2O2. The minimum Gasteiger partial charge on any atom is -0.390 e. The van der Waals surface area contributed by atoms with Gasteiger partial charge in [-0.2, -0.15) is 0 Å². The van der Waals surface area contributed by atoms with Crippen LogP contribution in [-0.2, 0) is 0 Å². The lowest BCUT2D eigenvalue weighted by Crippen LogP contribution is -2.17. The lowest BCUT2D eigenvalue weighted by atomic mass is 10.5. The average Bonchev–Trinajstić information content (AvgIpc) is 1.93. The Morgan fingerprint density at radius 2 is 2.45 bits per heavy atom. The van der Waals surface area contributed by atoms with Gasteiger partial charge in [-0.15, -0.1) is 0 Å². The molecule has 0 fully saturated rings. The van der Waals surface area contributed by atoms with Crippen LogP contribution in [0.5, 0.6) is 5.88 Å². The van der Waals surface area contributed by atoms with Gasteiger partial charge in [0.25, 0.3) is 0 Å². The van der Waals surface area contributed by atoms with Crippen molar-refractivity contribution >= 4 is 28.7 Å². The second kappa shape index (κ2) is 3.51. The highest BCUT2D eigenvalue weighted by Gasteiger charge is 2.03. The quantitative estimate of drug-likeness (QED) is 0.773. The number of amides is 1. The van der Waals surface area contributed by atoms with Crippen molar-refractivity contribution < 1.29 is 9.53 Å². The van der Waals surface area contributed by atoms with Crippen LogP contribution >= 0.6 is 22.6 Å². The largest absolute Gasteiger partial charge is 0.411 e. The summed E-state index contributed by atoms with van der Waals surface area (Å²) in [5.74, 6) is 0.251. The number of hydrogen-bond donors (Lipinski definition) is 1. The van der Waals surface area contributed by atoms with Crippen LogP contribution < -0.4 is 10.5 Å². The number of nitrogens with two attached hydrogens (primary N) is 1. The van der Waals surface area contributed by atoms with Crippen LogP contribution in [0.1, 0.15) is 0 Å². The highest BCUT2D eigenvalue weighted by Crippen LogP contribution is 2.15. The van der Waals surface area contributed by atoms with Gasteiger partial charge in [0.05, 0.1) is 3.57 Å². The molecule has 0 saturated carbocycles. The van der Waals surface area contributed by atoms with Crippen LogP contribution in [0.25, 0.3) is 0 Å². The summed E-state index contributed by atoms with van der Waals surface area (Å²) in [7, 11) is 0. The summed E-state index contributed by atoms with van der Waals surface area (Å²) in [6.45, 7) is 0. The van der Waals surface area contributed by atoms with Gasteiger partial charge in [0.15, 0.2) is 0 Å². The zero-order valence-electron chi connectivity index (χ0n) is 5.45. The van der Waals surface area contributed by atoms with Crippen molar-refractivity contribution in [3.63, 3.8) is 0 Å². The number of carbonyl (C=O) groups excluding carboxylic acids is 1. The van der Waals surface area contributed by atoms with E-state index in [0.29, 0.717) is 0 Å². The second-order valence-electron chi connectivity index (χ2n) is 1.71. The molecule has 0 bridgehead atoms. The Bertz CT molecular complexity index is 277. The third kappa shape index (κ3) is 2.34. The minimum absolute atomic E-state index is 0.251. The maximum Gasteiger partial charge on any atom is 0.411 e. The Hall–Kier alpha value is -0.850. The molecule has 5 heteroatoms. The summed E-state index contributed by atoms with van der Waals surface area (Å²) in [6.07, 6.45) is 0.682. The van der Waals surface area contributed by atoms with E-state index >= 15 is 0 Å². The normalized spacial score (nSPS) is 9.18. The molecule has 0 spiro atoms. The van der Waals surface area contributed by atoms with Crippen LogP contribution in [0, 0.1) is 3.57 Å². The number of ether oxygens (including phenoxy) is 1. The second-order valence-corrected chi connectivity index (χ2v) is 2.87. The number of pyridine rings is 1. The van der Waals surface area contributed by atoms with Gasteiger partial charge in [-0.3, -0.25) is 0 Å². The number of rotatable bonds is 1. The fourth-order valence-electron chi connectivity index (χ4n) is 0.542. The van der Waals surface area contributed by atoms with Gasteiger partial charge >= 0.3 is 6.09 Å². The van der Waals surface area contributed by atoms with Crippen LogP contribution in [0.15, 0.2) is 18.3 Å². The Morgan fingerprint density at radius 1 is 1.73 bits per heavy atom. The van der Waals surface area contributed by atoms with Gasteiger partial charge in [0, 0.05) is 6.20 Å². The Balaban J connectivity index is 2.86. The molecule has 1 rings (SSSR count). The molecule has 0 atom stereocenters. The predicted octanol–water partition coefficient (Wildman–Crippen LogP) is 1.14. The Labute approximate surface area is 76.9 Å². The summed E-state index contributed by atoms with van der Waals surface area (Å²) < 4.78 is 5.32. The molecule has 0 aromatic carbocycles. The third-order valence-corrected chi connectivity index (χ3v) is 1.74. The van der Waals surface area contributed by atoms with E-state index in [1.54, 1.807) is 12.1 Å². The first-order valence-corrected chi connectivity index (χ1v) is 3.86. The molecule has 0 radical (unpaired) electrons. The number of aromatic nitrogens is 1. The van der Waals surface area contributed by atoms with E-state index in [0.717, 1.165) is 3.57 Å². The fourth-order valence-corrected chi connectivity index (χ4v) is 0.999. The molecule has 0 unspecified atom stereocenters. The van der Waals surface area contributed by atoms with Crippen molar-refractivity contribution in [2.24, 2.45) is 5.73 Å². The van der Waals surface area contributed by atoms with Crippen LogP contribution in [0.2, 0.25) is 0 Å². The molecule has 1 heterocycles. The first-order valence-electron chi connectivity index (χ1n) is 2.78. The highest BCUT2D eigenvalue weighted by atomic mass is 127. The Kier molecular flexibility index (Phi) is 2.64. The first kappa shape index (κ1) is 8.25. The minimum atomic E-state index is -0.846. The Morgan fingerprint density at radius 3 is 3.00 bits per heavy atom. The van der Waals surface area contributed by atoms with Crippen LogP contribution in [-0.4, -0.2) is 11.1 Å². The van der Waals surface area contributed by atoms with Crippen molar-refractivity contribution in [3.05, 3.63) is 21.9 Å². The van der Waals surface area contributed by atoms with Crippen LogP contribution in [0.4, 0.5) is 4.79 Å². The molecule has 1 amide bonds. The zero-order chi connectivity index (χ0) is 8.27. The molecule has 0 saturated heterocycles. The van der Waals surface area contributed by atoms with Crippen molar-refractivity contribution in [2.45, 2.75) is 0 Å². The summed E-state index contributed by atoms with van der Waals surface area (Å²) in [6, 6.07) is 3.52. The van der Waals surface area contributed by atoms with Gasteiger partial charge in [-0.05, 0) is 34.7 Å². The topological polar surface area (TPSA) is 65.2 Å². The van der Waals surface area contributed by atoms with Gasteiger partial charge in [-0.1, -0.05) is 0 Å². The smallest absolute Gasteiger partial charge is 0.390 e. The molecule has 0 aliphatic rings. The molecule has 11 heavy (non-hydrogen) atoms. The van der Waals surface area contributed by atoms with Gasteiger partial charge < -0.3 is 10.5 Å². The summed E-state index contributed by atoms with van der Waals surface area (Å²) in [5.41, 5.74) is 4.79. The van der Waals surface area contributed by atoms with E-state index in [-0.39, 0.29) is 5.88 Å². The number of halogens is 1. The van der Waals surface area contributed by atoms with E-state index in [4.69, 9.17) is 5.73 Å². The zero-order valence-corrected chi connectivity index (χ0v) is 7.61. The predicted molar refractivity (Wildman–Crippen MR) is 47.2 cm³/mol. The number of primary amides is 1. The maximum absolute atomic E-state index is 10.3. The van der Waals surface area contributed by atoms with Crippen molar-refractivity contribution in [2.75, 3.05) is 0 Å². The van der Waals surface area contributed by atoms with Crippen molar-refractivity contribution in [3.8, 4) is 5.88 Å². The SMILES string of the molecule is NC(=O)Oc1ncccc1I. The van der Waals surface area contributed by atoms with E-state index in [2.05, 4.69) is 9.72 Å². The van der Waals surface area contributed by atoms with Crippen molar-refractivity contribution in [1.29, 1.82) is 0 Å². The molecule has 0 aliphatic carbocycles. The molecular weight excluding hydrogens is 259 g/mol. The monoisotopic (exact) mass is 264 g/mol. The van der Waals surface area contributed by atoms with E-state index in [1.807, 2.05) is 22.6 Å².